The molecule has 0 aliphatic carbocycles. The Labute approximate surface area is 173 Å². The van der Waals surface area contributed by atoms with Gasteiger partial charge in [0.25, 0.3) is 11.7 Å². The van der Waals surface area contributed by atoms with Gasteiger partial charge in [-0.2, -0.15) is 22.0 Å². The number of amides is 1. The number of benzene rings is 3. The molecule has 30 heavy (non-hydrogen) atoms. The lowest BCUT2D eigenvalue weighted by molar-refractivity contribution is -0.136. The summed E-state index contributed by atoms with van der Waals surface area (Å²) in [4.78, 5) is 13.0. The zero-order chi connectivity index (χ0) is 21.7. The maximum Gasteiger partial charge on any atom is 0.418 e. The van der Waals surface area contributed by atoms with Crippen molar-refractivity contribution in [2.24, 2.45) is 0 Å². The number of hydrogen-bond donors (Lipinski definition) is 2. The van der Waals surface area contributed by atoms with E-state index in [0.29, 0.717) is 28.0 Å². The minimum atomic E-state index is -4.62. The number of carbonyl (C=O) groups is 1. The van der Waals surface area contributed by atoms with Crippen LogP contribution in [0.2, 0.25) is 0 Å². The third-order valence-electron chi connectivity index (χ3n) is 3.99. The summed E-state index contributed by atoms with van der Waals surface area (Å²) in [5.41, 5.74) is -0.447. The monoisotopic (exact) mass is 438 g/mol. The molecule has 0 aliphatic heterocycles. The maximum atomic E-state index is 13.2. The molecule has 0 unspecified atom stereocenters. The number of halogens is 5. The van der Waals surface area contributed by atoms with Crippen LogP contribution in [-0.2, 0) is 6.18 Å². The standard InChI is InChI=1S/C21H15F5N2OS/c22-20(23)30-14-7-5-6-13(12-14)27-17-10-3-1-8-15(17)19(29)28-18-11-4-2-9-16(18)21(24,25)26/h1-12,20,27H,(H,28,29). The van der Waals surface area contributed by atoms with Crippen molar-refractivity contribution in [1.82, 2.24) is 0 Å². The lowest BCUT2D eigenvalue weighted by atomic mass is 10.1. The molecule has 0 bridgehead atoms. The molecule has 2 N–H and O–H groups in total. The highest BCUT2D eigenvalue weighted by atomic mass is 32.2. The lowest BCUT2D eigenvalue weighted by Crippen LogP contribution is -2.17. The molecule has 0 heterocycles. The molecule has 0 fully saturated rings. The summed E-state index contributed by atoms with van der Waals surface area (Å²) in [5.74, 6) is -3.32. The molecule has 3 aromatic carbocycles. The van der Waals surface area contributed by atoms with Crippen LogP contribution in [0.4, 0.5) is 39.0 Å². The van der Waals surface area contributed by atoms with Crippen LogP contribution in [0.5, 0.6) is 0 Å². The van der Waals surface area contributed by atoms with E-state index in [1.807, 2.05) is 0 Å². The van der Waals surface area contributed by atoms with Crippen LogP contribution in [-0.4, -0.2) is 11.7 Å². The molecule has 0 saturated carbocycles. The minimum absolute atomic E-state index is 0.0985. The highest BCUT2D eigenvalue weighted by Crippen LogP contribution is 2.35. The molecule has 3 aromatic rings. The van der Waals surface area contributed by atoms with E-state index in [-0.39, 0.29) is 11.3 Å². The molecule has 0 aromatic heterocycles. The van der Waals surface area contributed by atoms with Gasteiger partial charge in [0, 0.05) is 10.6 Å². The van der Waals surface area contributed by atoms with Crippen molar-refractivity contribution in [3.05, 3.63) is 83.9 Å². The fourth-order valence-electron chi connectivity index (χ4n) is 2.72. The molecule has 3 rings (SSSR count). The predicted molar refractivity (Wildman–Crippen MR) is 107 cm³/mol. The molecule has 3 nitrogen and oxygen atoms in total. The Morgan fingerprint density at radius 1 is 0.867 bits per heavy atom. The van der Waals surface area contributed by atoms with Crippen LogP contribution in [0.15, 0.2) is 77.7 Å². The van der Waals surface area contributed by atoms with E-state index in [2.05, 4.69) is 10.6 Å². The van der Waals surface area contributed by atoms with Crippen molar-refractivity contribution >= 4 is 34.7 Å². The molecule has 0 spiro atoms. The fourth-order valence-corrected chi connectivity index (χ4v) is 3.28. The van der Waals surface area contributed by atoms with Crippen molar-refractivity contribution in [1.29, 1.82) is 0 Å². The normalized spacial score (nSPS) is 11.4. The Morgan fingerprint density at radius 3 is 2.23 bits per heavy atom. The number of carbonyl (C=O) groups excluding carboxylic acids is 1. The molecule has 0 saturated heterocycles. The van der Waals surface area contributed by atoms with Crippen LogP contribution in [0, 0.1) is 0 Å². The van der Waals surface area contributed by atoms with Gasteiger partial charge < -0.3 is 10.6 Å². The van der Waals surface area contributed by atoms with Gasteiger partial charge in [-0.3, -0.25) is 4.79 Å². The minimum Gasteiger partial charge on any atom is -0.355 e. The SMILES string of the molecule is O=C(Nc1ccccc1C(F)(F)F)c1ccccc1Nc1cccc(SC(F)F)c1. The van der Waals surface area contributed by atoms with Gasteiger partial charge in [0.15, 0.2) is 0 Å². The van der Waals surface area contributed by atoms with Crippen molar-refractivity contribution in [2.45, 2.75) is 16.8 Å². The molecular formula is C21H15F5N2OS. The molecule has 156 valence electrons. The third kappa shape index (κ3) is 5.50. The summed E-state index contributed by atoms with van der Waals surface area (Å²) in [5, 5.41) is 5.25. The second kappa shape index (κ2) is 9.17. The lowest BCUT2D eigenvalue weighted by Gasteiger charge is -2.16. The second-order valence-electron chi connectivity index (χ2n) is 6.07. The first kappa shape index (κ1) is 21.6. The summed E-state index contributed by atoms with van der Waals surface area (Å²) in [6.07, 6.45) is -4.62. The summed E-state index contributed by atoms with van der Waals surface area (Å²) in [7, 11) is 0. The van der Waals surface area contributed by atoms with E-state index in [9.17, 15) is 26.7 Å². The van der Waals surface area contributed by atoms with Crippen LogP contribution in [0.3, 0.4) is 0 Å². The first-order valence-electron chi connectivity index (χ1n) is 8.62. The number of anilines is 3. The summed E-state index contributed by atoms with van der Waals surface area (Å²) in [6.45, 7) is 0. The number of rotatable bonds is 6. The van der Waals surface area contributed by atoms with Crippen molar-refractivity contribution < 1.29 is 26.7 Å². The first-order valence-corrected chi connectivity index (χ1v) is 9.50. The Kier molecular flexibility index (Phi) is 6.61. The van der Waals surface area contributed by atoms with Crippen LogP contribution >= 0.6 is 11.8 Å². The van der Waals surface area contributed by atoms with Crippen molar-refractivity contribution in [3.8, 4) is 0 Å². The predicted octanol–water partition coefficient (Wildman–Crippen LogP) is 7.02. The topological polar surface area (TPSA) is 41.1 Å². The Morgan fingerprint density at radius 2 is 1.53 bits per heavy atom. The van der Waals surface area contributed by atoms with Gasteiger partial charge in [-0.1, -0.05) is 42.1 Å². The molecule has 0 radical (unpaired) electrons. The number of nitrogens with one attached hydrogen (secondary N) is 2. The average molecular weight is 438 g/mol. The molecular weight excluding hydrogens is 423 g/mol. The quantitative estimate of drug-likeness (QED) is 0.321. The summed E-state index contributed by atoms with van der Waals surface area (Å²) < 4.78 is 64.7. The van der Waals surface area contributed by atoms with E-state index in [1.54, 1.807) is 30.3 Å². The van der Waals surface area contributed by atoms with Gasteiger partial charge in [0.2, 0.25) is 0 Å². The van der Waals surface area contributed by atoms with E-state index in [1.165, 1.54) is 36.4 Å². The van der Waals surface area contributed by atoms with Crippen molar-refractivity contribution in [2.75, 3.05) is 10.6 Å². The third-order valence-corrected chi connectivity index (χ3v) is 4.69. The zero-order valence-corrected chi connectivity index (χ0v) is 16.0. The van der Waals surface area contributed by atoms with Crippen LogP contribution in [0.25, 0.3) is 0 Å². The van der Waals surface area contributed by atoms with E-state index < -0.39 is 23.4 Å². The van der Waals surface area contributed by atoms with E-state index >= 15 is 0 Å². The van der Waals surface area contributed by atoms with Gasteiger partial charge in [-0.25, -0.2) is 0 Å². The van der Waals surface area contributed by atoms with E-state index in [4.69, 9.17) is 0 Å². The summed E-state index contributed by atoms with van der Waals surface area (Å²) >= 11 is 0.380. The zero-order valence-electron chi connectivity index (χ0n) is 15.2. The highest BCUT2D eigenvalue weighted by molar-refractivity contribution is 7.99. The average Bonchev–Trinajstić information content (AvgIpc) is 2.68. The molecule has 0 atom stereocenters. The van der Waals surface area contributed by atoms with Crippen LogP contribution < -0.4 is 10.6 Å². The van der Waals surface area contributed by atoms with Crippen molar-refractivity contribution in [3.63, 3.8) is 0 Å². The largest absolute Gasteiger partial charge is 0.418 e. The smallest absolute Gasteiger partial charge is 0.355 e. The van der Waals surface area contributed by atoms with Gasteiger partial charge in [0.05, 0.1) is 22.5 Å². The highest BCUT2D eigenvalue weighted by Gasteiger charge is 2.33. The fraction of sp³-hybridized carbons (Fsp3) is 0.0952. The Hall–Kier alpha value is -3.07. The Balaban J connectivity index is 1.85. The number of hydrogen-bond acceptors (Lipinski definition) is 3. The van der Waals surface area contributed by atoms with Gasteiger partial charge >= 0.3 is 6.18 Å². The number of alkyl halides is 5. The summed E-state index contributed by atoms with van der Waals surface area (Å²) in [6, 6.07) is 17.1. The maximum absolute atomic E-state index is 13.2. The van der Waals surface area contributed by atoms with Gasteiger partial charge in [-0.15, -0.1) is 0 Å². The van der Waals surface area contributed by atoms with Gasteiger partial charge in [-0.05, 0) is 42.5 Å². The van der Waals surface area contributed by atoms with Gasteiger partial charge in [0.1, 0.15) is 0 Å². The van der Waals surface area contributed by atoms with Crippen LogP contribution in [0.1, 0.15) is 15.9 Å². The first-order chi connectivity index (χ1) is 14.2. The Bertz CT molecular complexity index is 1040. The molecule has 0 aliphatic rings. The number of para-hydroxylation sites is 2. The van der Waals surface area contributed by atoms with E-state index in [0.717, 1.165) is 6.07 Å². The second-order valence-corrected chi connectivity index (χ2v) is 7.14. The molecule has 9 heteroatoms. The molecule has 1 amide bonds. The number of thioether (sulfide) groups is 1.